The van der Waals surface area contributed by atoms with Crippen molar-refractivity contribution in [2.75, 3.05) is 39.4 Å². The maximum atomic E-state index is 13.1. The van der Waals surface area contributed by atoms with E-state index in [9.17, 15) is 4.79 Å². The van der Waals surface area contributed by atoms with Crippen LogP contribution < -0.4 is 4.74 Å². The number of likely N-dealkylation sites (tertiary alicyclic amines) is 1. The molecule has 5 nitrogen and oxygen atoms in total. The van der Waals surface area contributed by atoms with Crippen LogP contribution in [-0.4, -0.2) is 67.2 Å². The number of nitrogens with zero attached hydrogens (tertiary/aromatic N) is 2. The van der Waals surface area contributed by atoms with E-state index in [1.54, 1.807) is 0 Å². The van der Waals surface area contributed by atoms with E-state index < -0.39 is 0 Å². The minimum atomic E-state index is 0.140. The smallest absolute Gasteiger partial charge is 0.254 e. The molecule has 0 N–H and O–H groups in total. The Balaban J connectivity index is 1.08. The molecule has 0 spiro atoms. The third kappa shape index (κ3) is 4.38. The van der Waals surface area contributed by atoms with E-state index >= 15 is 0 Å². The number of hydrogen-bond donors (Lipinski definition) is 0. The second-order valence-corrected chi connectivity index (χ2v) is 9.70. The Morgan fingerprint density at radius 2 is 1.77 bits per heavy atom. The number of ether oxygens (including phenoxy) is 2. The Morgan fingerprint density at radius 3 is 2.57 bits per heavy atom. The fraction of sp³-hybridized carbons (Fsp3) is 0.720. The summed E-state index contributed by atoms with van der Waals surface area (Å²) in [7, 11) is 0. The molecule has 0 bridgehead atoms. The highest BCUT2D eigenvalue weighted by Crippen LogP contribution is 2.37. The van der Waals surface area contributed by atoms with Gasteiger partial charge in [-0.1, -0.05) is 19.3 Å². The highest BCUT2D eigenvalue weighted by atomic mass is 16.5. The maximum absolute atomic E-state index is 13.1. The standard InChI is InChI=1S/C25H36N2O3/c28-25(27-14-16-30-24-8-2-1-7-23(24)27)19-9-11-22(12-10-19)29-15-4-13-26-17-20-5-3-6-21(20)18-26/h9-12,20-21,23-24H,1-8,13-18H2. The lowest BCUT2D eigenvalue weighted by atomic mass is 9.89. The molecule has 4 unspecified atom stereocenters. The number of carbonyl (C=O) groups is 1. The normalized spacial score (nSPS) is 31.4. The van der Waals surface area contributed by atoms with Crippen LogP contribution >= 0.6 is 0 Å². The van der Waals surface area contributed by atoms with Crippen LogP contribution in [0.4, 0.5) is 0 Å². The fourth-order valence-corrected chi connectivity index (χ4v) is 6.20. The van der Waals surface area contributed by atoms with Crippen molar-refractivity contribution in [2.24, 2.45) is 11.8 Å². The molecular weight excluding hydrogens is 376 g/mol. The van der Waals surface area contributed by atoms with Gasteiger partial charge in [-0.15, -0.1) is 0 Å². The first-order valence-corrected chi connectivity index (χ1v) is 12.2. The zero-order valence-corrected chi connectivity index (χ0v) is 18.1. The van der Waals surface area contributed by atoms with Gasteiger partial charge in [-0.05, 0) is 68.2 Å². The summed E-state index contributed by atoms with van der Waals surface area (Å²) in [4.78, 5) is 17.8. The van der Waals surface area contributed by atoms with Crippen molar-refractivity contribution in [3.05, 3.63) is 29.8 Å². The van der Waals surface area contributed by atoms with Crippen LogP contribution in [0.5, 0.6) is 5.75 Å². The quantitative estimate of drug-likeness (QED) is 0.663. The molecular formula is C25H36N2O3. The predicted molar refractivity (Wildman–Crippen MR) is 117 cm³/mol. The average Bonchev–Trinajstić information content (AvgIpc) is 3.38. The van der Waals surface area contributed by atoms with Crippen LogP contribution in [0.3, 0.4) is 0 Å². The third-order valence-corrected chi connectivity index (χ3v) is 7.78. The van der Waals surface area contributed by atoms with Crippen molar-refractivity contribution in [3.8, 4) is 5.75 Å². The van der Waals surface area contributed by atoms with Crippen molar-refractivity contribution in [1.29, 1.82) is 0 Å². The average molecular weight is 413 g/mol. The second-order valence-electron chi connectivity index (χ2n) is 9.70. The van der Waals surface area contributed by atoms with Crippen molar-refractivity contribution in [2.45, 2.75) is 63.5 Å². The lowest BCUT2D eigenvalue weighted by molar-refractivity contribution is -0.0752. The number of amides is 1. The number of morpholine rings is 1. The fourth-order valence-electron chi connectivity index (χ4n) is 6.20. The van der Waals surface area contributed by atoms with Crippen molar-refractivity contribution < 1.29 is 14.3 Å². The van der Waals surface area contributed by atoms with Crippen molar-refractivity contribution in [1.82, 2.24) is 9.80 Å². The monoisotopic (exact) mass is 412 g/mol. The zero-order valence-electron chi connectivity index (χ0n) is 18.1. The first-order valence-electron chi connectivity index (χ1n) is 12.2. The lowest BCUT2D eigenvalue weighted by Crippen LogP contribution is -2.54. The summed E-state index contributed by atoms with van der Waals surface area (Å²) in [5, 5.41) is 0. The predicted octanol–water partition coefficient (Wildman–Crippen LogP) is 3.97. The van der Waals surface area contributed by atoms with Crippen LogP contribution in [0.2, 0.25) is 0 Å². The summed E-state index contributed by atoms with van der Waals surface area (Å²) < 4.78 is 11.9. The molecule has 164 valence electrons. The molecule has 2 saturated carbocycles. The zero-order chi connectivity index (χ0) is 20.3. The molecule has 1 aromatic carbocycles. The molecule has 2 saturated heterocycles. The summed E-state index contributed by atoms with van der Waals surface area (Å²) in [6.07, 6.45) is 10.2. The molecule has 5 rings (SSSR count). The van der Waals surface area contributed by atoms with Crippen LogP contribution in [0.15, 0.2) is 24.3 Å². The molecule has 2 aliphatic carbocycles. The minimum Gasteiger partial charge on any atom is -0.494 e. The van der Waals surface area contributed by atoms with Gasteiger partial charge in [0.25, 0.3) is 5.91 Å². The van der Waals surface area contributed by atoms with Crippen LogP contribution in [0.1, 0.15) is 61.7 Å². The molecule has 1 amide bonds. The second kappa shape index (κ2) is 9.27. The first-order chi connectivity index (χ1) is 14.8. The molecule has 4 aliphatic rings. The topological polar surface area (TPSA) is 42.0 Å². The van der Waals surface area contributed by atoms with Crippen molar-refractivity contribution >= 4 is 5.91 Å². The largest absolute Gasteiger partial charge is 0.494 e. The van der Waals surface area contributed by atoms with Crippen LogP contribution in [0, 0.1) is 11.8 Å². The van der Waals surface area contributed by atoms with Gasteiger partial charge in [0.2, 0.25) is 0 Å². The van der Waals surface area contributed by atoms with E-state index in [1.165, 1.54) is 45.2 Å². The number of fused-ring (bicyclic) bond motifs is 2. The first kappa shape index (κ1) is 20.3. The van der Waals surface area contributed by atoms with Gasteiger partial charge >= 0.3 is 0 Å². The number of rotatable bonds is 6. The van der Waals surface area contributed by atoms with Crippen molar-refractivity contribution in [3.63, 3.8) is 0 Å². The summed E-state index contributed by atoms with van der Waals surface area (Å²) in [5.74, 6) is 2.93. The highest BCUT2D eigenvalue weighted by Gasteiger charge is 2.37. The molecule has 5 heteroatoms. The van der Waals surface area contributed by atoms with Gasteiger partial charge in [0, 0.05) is 31.7 Å². The van der Waals surface area contributed by atoms with E-state index in [2.05, 4.69) is 9.80 Å². The molecule has 0 aromatic heterocycles. The van der Waals surface area contributed by atoms with Crippen LogP contribution in [0.25, 0.3) is 0 Å². The number of benzene rings is 1. The van der Waals surface area contributed by atoms with Gasteiger partial charge < -0.3 is 19.3 Å². The van der Waals surface area contributed by atoms with Crippen LogP contribution in [-0.2, 0) is 4.74 Å². The third-order valence-electron chi connectivity index (χ3n) is 7.78. The Kier molecular flexibility index (Phi) is 6.28. The summed E-state index contributed by atoms with van der Waals surface area (Å²) in [6, 6.07) is 8.00. The molecule has 0 radical (unpaired) electrons. The molecule has 4 fully saturated rings. The summed E-state index contributed by atoms with van der Waals surface area (Å²) >= 11 is 0. The molecule has 1 aromatic rings. The Hall–Kier alpha value is -1.59. The molecule has 4 atom stereocenters. The van der Waals surface area contributed by atoms with E-state index in [1.807, 2.05) is 24.3 Å². The lowest BCUT2D eigenvalue weighted by Gasteiger charge is -2.43. The summed E-state index contributed by atoms with van der Waals surface area (Å²) in [5.41, 5.74) is 0.761. The minimum absolute atomic E-state index is 0.140. The SMILES string of the molecule is O=C(c1ccc(OCCCN2CC3CCCC3C2)cc1)N1CCOC2CCCCC21. The molecule has 2 heterocycles. The Labute approximate surface area is 180 Å². The maximum Gasteiger partial charge on any atom is 0.254 e. The Morgan fingerprint density at radius 1 is 1.00 bits per heavy atom. The highest BCUT2D eigenvalue weighted by molar-refractivity contribution is 5.94. The van der Waals surface area contributed by atoms with Gasteiger partial charge in [-0.2, -0.15) is 0 Å². The molecule has 2 aliphatic heterocycles. The number of carbonyl (C=O) groups excluding carboxylic acids is 1. The Bertz CT molecular complexity index is 708. The summed E-state index contributed by atoms with van der Waals surface area (Å²) in [6.45, 7) is 5.84. The van der Waals surface area contributed by atoms with Gasteiger partial charge in [-0.25, -0.2) is 0 Å². The van der Waals surface area contributed by atoms with E-state index in [4.69, 9.17) is 9.47 Å². The molecule has 30 heavy (non-hydrogen) atoms. The van der Waals surface area contributed by atoms with Gasteiger partial charge in [0.05, 0.1) is 25.4 Å². The van der Waals surface area contributed by atoms with Gasteiger partial charge in [-0.3, -0.25) is 4.79 Å². The van der Waals surface area contributed by atoms with Gasteiger partial charge in [0.1, 0.15) is 5.75 Å². The van der Waals surface area contributed by atoms with E-state index in [-0.39, 0.29) is 18.1 Å². The van der Waals surface area contributed by atoms with E-state index in [0.29, 0.717) is 13.2 Å². The van der Waals surface area contributed by atoms with E-state index in [0.717, 1.165) is 55.6 Å². The number of hydrogen-bond acceptors (Lipinski definition) is 4. The van der Waals surface area contributed by atoms with Gasteiger partial charge in [0.15, 0.2) is 0 Å².